The smallest absolute Gasteiger partial charge is 0.0882 e. The summed E-state index contributed by atoms with van der Waals surface area (Å²) in [5, 5.41) is 11.4. The molecule has 1 aliphatic carbocycles. The molecule has 0 amide bonds. The van der Waals surface area contributed by atoms with E-state index in [1.807, 2.05) is 0 Å². The lowest BCUT2D eigenvalue weighted by Crippen LogP contribution is -2.60. The monoisotopic (exact) mass is 252 g/mol. The van der Waals surface area contributed by atoms with E-state index < -0.39 is 5.60 Å². The molecule has 1 saturated carbocycles. The lowest BCUT2D eigenvalue weighted by atomic mass is 9.60. The fourth-order valence-corrected chi connectivity index (χ4v) is 4.94. The molecule has 0 aromatic rings. The van der Waals surface area contributed by atoms with Gasteiger partial charge in [0.2, 0.25) is 0 Å². The van der Waals surface area contributed by atoms with Crippen LogP contribution in [0.1, 0.15) is 57.8 Å². The number of hydrogen-bond acceptors (Lipinski definition) is 3. The summed E-state index contributed by atoms with van der Waals surface area (Å²) in [6, 6.07) is 0.396. The van der Waals surface area contributed by atoms with E-state index in [0.29, 0.717) is 12.6 Å². The average Bonchev–Trinajstić information content (AvgIpc) is 2.79. The highest BCUT2D eigenvalue weighted by Gasteiger charge is 2.58. The van der Waals surface area contributed by atoms with Crippen molar-refractivity contribution in [1.82, 2.24) is 4.90 Å². The van der Waals surface area contributed by atoms with E-state index in [1.165, 1.54) is 45.1 Å². The van der Waals surface area contributed by atoms with Gasteiger partial charge in [-0.3, -0.25) is 4.90 Å². The van der Waals surface area contributed by atoms with Crippen LogP contribution < -0.4 is 5.73 Å². The zero-order valence-corrected chi connectivity index (χ0v) is 11.5. The maximum Gasteiger partial charge on any atom is 0.0882 e. The van der Waals surface area contributed by atoms with Crippen LogP contribution in [-0.4, -0.2) is 41.3 Å². The van der Waals surface area contributed by atoms with Crippen LogP contribution in [0.15, 0.2) is 0 Å². The minimum absolute atomic E-state index is 0.0159. The number of aliphatic hydroxyl groups is 1. The van der Waals surface area contributed by atoms with E-state index >= 15 is 0 Å². The standard InChI is InChI=1S/C15H28N2O/c16-12-14(7-3-1-4-8-14)15(18)9-11-17-10-5-2-6-13(15)17/h13,18H,1-12,16H2. The molecule has 2 saturated heterocycles. The summed E-state index contributed by atoms with van der Waals surface area (Å²) < 4.78 is 0. The third kappa shape index (κ3) is 1.75. The van der Waals surface area contributed by atoms with Crippen molar-refractivity contribution in [1.29, 1.82) is 0 Å². The predicted octanol–water partition coefficient (Wildman–Crippen LogP) is 1.88. The molecule has 0 aromatic carbocycles. The maximum atomic E-state index is 11.4. The van der Waals surface area contributed by atoms with Crippen LogP contribution in [0.4, 0.5) is 0 Å². The molecular formula is C15H28N2O. The Kier molecular flexibility index (Phi) is 3.41. The van der Waals surface area contributed by atoms with Crippen LogP contribution >= 0.6 is 0 Å². The average molecular weight is 252 g/mol. The molecular weight excluding hydrogens is 224 g/mol. The van der Waals surface area contributed by atoms with Gasteiger partial charge in [-0.1, -0.05) is 25.7 Å². The topological polar surface area (TPSA) is 49.5 Å². The molecule has 2 aliphatic heterocycles. The van der Waals surface area contributed by atoms with Crippen molar-refractivity contribution in [2.45, 2.75) is 69.4 Å². The van der Waals surface area contributed by atoms with E-state index in [4.69, 9.17) is 5.73 Å². The molecule has 3 rings (SSSR count). The molecule has 0 bridgehead atoms. The van der Waals surface area contributed by atoms with Gasteiger partial charge in [0.1, 0.15) is 0 Å². The first-order chi connectivity index (χ1) is 8.72. The lowest BCUT2D eigenvalue weighted by Gasteiger charge is -2.52. The van der Waals surface area contributed by atoms with Gasteiger partial charge >= 0.3 is 0 Å². The fraction of sp³-hybridized carbons (Fsp3) is 1.00. The highest BCUT2D eigenvalue weighted by Crippen LogP contribution is 2.52. The minimum Gasteiger partial charge on any atom is -0.388 e. The first-order valence-corrected chi connectivity index (χ1v) is 7.88. The summed E-state index contributed by atoms with van der Waals surface area (Å²) in [5.74, 6) is 0. The number of piperidine rings is 1. The fourth-order valence-electron chi connectivity index (χ4n) is 4.94. The second-order valence-corrected chi connectivity index (χ2v) is 6.77. The summed E-state index contributed by atoms with van der Waals surface area (Å²) in [6.07, 6.45) is 10.8. The highest BCUT2D eigenvalue weighted by atomic mass is 16.3. The van der Waals surface area contributed by atoms with Crippen molar-refractivity contribution in [3.05, 3.63) is 0 Å². The maximum absolute atomic E-state index is 11.4. The van der Waals surface area contributed by atoms with Crippen molar-refractivity contribution in [3.63, 3.8) is 0 Å². The molecule has 3 nitrogen and oxygen atoms in total. The largest absolute Gasteiger partial charge is 0.388 e. The number of rotatable bonds is 2. The van der Waals surface area contributed by atoms with Gasteiger partial charge in [0, 0.05) is 24.5 Å². The molecule has 2 unspecified atom stereocenters. The molecule has 3 aliphatic rings. The molecule has 0 spiro atoms. The van der Waals surface area contributed by atoms with Crippen molar-refractivity contribution < 1.29 is 5.11 Å². The summed E-state index contributed by atoms with van der Waals surface area (Å²) in [5.41, 5.74) is 5.67. The summed E-state index contributed by atoms with van der Waals surface area (Å²) in [6.45, 7) is 2.95. The first kappa shape index (κ1) is 12.9. The molecule has 2 atom stereocenters. The Morgan fingerprint density at radius 3 is 2.50 bits per heavy atom. The third-order valence-electron chi connectivity index (χ3n) is 6.06. The van der Waals surface area contributed by atoms with Crippen molar-refractivity contribution in [3.8, 4) is 0 Å². The zero-order chi connectivity index (χ0) is 12.6. The van der Waals surface area contributed by atoms with Crippen molar-refractivity contribution in [2.24, 2.45) is 11.1 Å². The highest BCUT2D eigenvalue weighted by molar-refractivity contribution is 5.12. The number of hydrogen-bond donors (Lipinski definition) is 2. The van der Waals surface area contributed by atoms with E-state index in [1.54, 1.807) is 0 Å². The second kappa shape index (κ2) is 4.77. The van der Waals surface area contributed by atoms with Gasteiger partial charge in [-0.25, -0.2) is 0 Å². The molecule has 0 radical (unpaired) electrons. The Labute approximate surface area is 111 Å². The summed E-state index contributed by atoms with van der Waals surface area (Å²) in [7, 11) is 0. The zero-order valence-electron chi connectivity index (χ0n) is 11.5. The van der Waals surface area contributed by atoms with Crippen LogP contribution in [0.5, 0.6) is 0 Å². The van der Waals surface area contributed by atoms with Gasteiger partial charge in [0.25, 0.3) is 0 Å². The van der Waals surface area contributed by atoms with Crippen LogP contribution in [-0.2, 0) is 0 Å². The Bertz CT molecular complexity index is 301. The van der Waals surface area contributed by atoms with Crippen LogP contribution in [0, 0.1) is 5.41 Å². The number of nitrogens with two attached hydrogens (primary N) is 1. The molecule has 3 N–H and O–H groups in total. The third-order valence-corrected chi connectivity index (χ3v) is 6.06. The van der Waals surface area contributed by atoms with Gasteiger partial charge in [-0.15, -0.1) is 0 Å². The molecule has 104 valence electrons. The molecule has 3 heteroatoms. The first-order valence-electron chi connectivity index (χ1n) is 7.88. The quantitative estimate of drug-likeness (QED) is 0.789. The number of fused-ring (bicyclic) bond motifs is 1. The summed E-state index contributed by atoms with van der Waals surface area (Å²) in [4.78, 5) is 2.54. The van der Waals surface area contributed by atoms with Gasteiger partial charge in [-0.05, 0) is 38.6 Å². The van der Waals surface area contributed by atoms with E-state index in [-0.39, 0.29) is 5.41 Å². The SMILES string of the molecule is NCC1(C2(O)CCN3CCCCC32)CCCCC1. The number of nitrogens with zero attached hydrogens (tertiary/aromatic N) is 1. The Morgan fingerprint density at radius 1 is 1.00 bits per heavy atom. The molecule has 18 heavy (non-hydrogen) atoms. The van der Waals surface area contributed by atoms with Crippen LogP contribution in [0.3, 0.4) is 0 Å². The van der Waals surface area contributed by atoms with E-state index in [9.17, 15) is 5.11 Å². The van der Waals surface area contributed by atoms with Crippen LogP contribution in [0.2, 0.25) is 0 Å². The van der Waals surface area contributed by atoms with Crippen LogP contribution in [0.25, 0.3) is 0 Å². The normalized spacial score (nSPS) is 40.7. The Morgan fingerprint density at radius 2 is 1.78 bits per heavy atom. The molecule has 2 heterocycles. The Balaban J connectivity index is 1.87. The van der Waals surface area contributed by atoms with E-state index in [2.05, 4.69) is 4.90 Å². The second-order valence-electron chi connectivity index (χ2n) is 6.77. The van der Waals surface area contributed by atoms with E-state index in [0.717, 1.165) is 25.8 Å². The van der Waals surface area contributed by atoms with Gasteiger partial charge in [-0.2, -0.15) is 0 Å². The van der Waals surface area contributed by atoms with Gasteiger partial charge < -0.3 is 10.8 Å². The van der Waals surface area contributed by atoms with Crippen molar-refractivity contribution >= 4 is 0 Å². The minimum atomic E-state index is -0.497. The predicted molar refractivity (Wildman–Crippen MR) is 73.4 cm³/mol. The van der Waals surface area contributed by atoms with Gasteiger partial charge in [0.05, 0.1) is 5.60 Å². The Hall–Kier alpha value is -0.120. The summed E-state index contributed by atoms with van der Waals surface area (Å²) >= 11 is 0. The molecule has 3 fully saturated rings. The van der Waals surface area contributed by atoms with Gasteiger partial charge in [0.15, 0.2) is 0 Å². The van der Waals surface area contributed by atoms with Crippen molar-refractivity contribution in [2.75, 3.05) is 19.6 Å². The molecule has 0 aromatic heterocycles. The lowest BCUT2D eigenvalue weighted by molar-refractivity contribution is -0.124.